The number of hydrogen-bond acceptors (Lipinski definition) is 5. The van der Waals surface area contributed by atoms with E-state index in [9.17, 15) is 4.79 Å². The van der Waals surface area contributed by atoms with Crippen molar-refractivity contribution >= 4 is 12.0 Å². The first-order chi connectivity index (χ1) is 15.9. The maximum absolute atomic E-state index is 12.4. The van der Waals surface area contributed by atoms with Gasteiger partial charge in [0.2, 0.25) is 5.91 Å². The molecule has 0 aromatic heterocycles. The van der Waals surface area contributed by atoms with Crippen LogP contribution in [0.2, 0.25) is 0 Å². The standard InChI is InChI=1S/C27H36N2O4/c1-20(2)19-33-25-10-8-22(15-26(25)31-4)9-11-27(30)28-16-23-6-5-7-24(14-23)18-29-12-13-32-21(3)17-29/h5-11,14-15,20-21H,12-13,16-19H2,1-4H3,(H,28,30)/b11-9+. The van der Waals surface area contributed by atoms with Crippen LogP contribution in [-0.2, 0) is 22.6 Å². The molecule has 0 radical (unpaired) electrons. The Labute approximate surface area is 197 Å². The van der Waals surface area contributed by atoms with E-state index in [0.29, 0.717) is 30.6 Å². The molecule has 1 amide bonds. The zero-order valence-electron chi connectivity index (χ0n) is 20.2. The summed E-state index contributed by atoms with van der Waals surface area (Å²) in [6.07, 6.45) is 3.60. The van der Waals surface area contributed by atoms with Crippen LogP contribution in [0.1, 0.15) is 37.5 Å². The highest BCUT2D eigenvalue weighted by Gasteiger charge is 2.16. The third kappa shape index (κ3) is 8.22. The van der Waals surface area contributed by atoms with Gasteiger partial charge in [-0.05, 0) is 47.7 Å². The molecule has 6 heteroatoms. The lowest BCUT2D eigenvalue weighted by Gasteiger charge is -2.31. The number of rotatable bonds is 10. The molecule has 2 aromatic rings. The lowest BCUT2D eigenvalue weighted by molar-refractivity contribution is -0.116. The number of nitrogens with zero attached hydrogens (tertiary/aromatic N) is 1. The molecule has 1 fully saturated rings. The van der Waals surface area contributed by atoms with Crippen molar-refractivity contribution in [2.75, 3.05) is 33.4 Å². The normalized spacial score (nSPS) is 16.8. The highest BCUT2D eigenvalue weighted by atomic mass is 16.5. The zero-order valence-corrected chi connectivity index (χ0v) is 20.2. The van der Waals surface area contributed by atoms with Gasteiger partial charge in [-0.3, -0.25) is 9.69 Å². The second-order valence-electron chi connectivity index (χ2n) is 8.90. The predicted molar refractivity (Wildman–Crippen MR) is 131 cm³/mol. The molecule has 0 aliphatic carbocycles. The molecule has 1 atom stereocenters. The molecule has 1 aliphatic heterocycles. The summed E-state index contributed by atoms with van der Waals surface area (Å²) in [5.41, 5.74) is 3.21. The maximum atomic E-state index is 12.4. The molecule has 1 N–H and O–H groups in total. The molecule has 1 heterocycles. The fourth-order valence-corrected chi connectivity index (χ4v) is 3.71. The average Bonchev–Trinajstić information content (AvgIpc) is 2.80. The molecule has 0 spiro atoms. The van der Waals surface area contributed by atoms with Crippen LogP contribution in [0.5, 0.6) is 11.5 Å². The van der Waals surface area contributed by atoms with E-state index in [1.165, 1.54) is 5.56 Å². The van der Waals surface area contributed by atoms with Crippen LogP contribution in [0.15, 0.2) is 48.5 Å². The van der Waals surface area contributed by atoms with Gasteiger partial charge in [-0.15, -0.1) is 0 Å². The zero-order chi connectivity index (χ0) is 23.6. The first-order valence-electron chi connectivity index (χ1n) is 11.6. The summed E-state index contributed by atoms with van der Waals surface area (Å²) < 4.78 is 16.8. The van der Waals surface area contributed by atoms with Crippen molar-refractivity contribution in [3.63, 3.8) is 0 Å². The third-order valence-corrected chi connectivity index (χ3v) is 5.38. The first-order valence-corrected chi connectivity index (χ1v) is 11.6. The Morgan fingerprint density at radius 2 is 2.03 bits per heavy atom. The molecule has 0 saturated carbocycles. The number of benzene rings is 2. The van der Waals surface area contributed by atoms with Gasteiger partial charge < -0.3 is 19.5 Å². The van der Waals surface area contributed by atoms with Gasteiger partial charge in [-0.1, -0.05) is 44.2 Å². The molecule has 0 bridgehead atoms. The molecular weight excluding hydrogens is 416 g/mol. The van der Waals surface area contributed by atoms with E-state index in [1.54, 1.807) is 19.3 Å². The lowest BCUT2D eigenvalue weighted by atomic mass is 10.1. The summed E-state index contributed by atoms with van der Waals surface area (Å²) in [6.45, 7) is 11.0. The Morgan fingerprint density at radius 3 is 2.79 bits per heavy atom. The van der Waals surface area contributed by atoms with E-state index in [2.05, 4.69) is 43.1 Å². The second kappa shape index (κ2) is 12.4. The number of amides is 1. The van der Waals surface area contributed by atoms with E-state index in [-0.39, 0.29) is 12.0 Å². The Hall–Kier alpha value is -2.83. The SMILES string of the molecule is COc1cc(/C=C/C(=O)NCc2cccc(CN3CCOC(C)C3)c2)ccc1OCC(C)C. The summed E-state index contributed by atoms with van der Waals surface area (Å²) in [5, 5.41) is 2.96. The summed E-state index contributed by atoms with van der Waals surface area (Å²) in [5.74, 6) is 1.66. The molecule has 178 valence electrons. The Kier molecular flexibility index (Phi) is 9.34. The van der Waals surface area contributed by atoms with Gasteiger partial charge in [0.15, 0.2) is 11.5 Å². The summed E-state index contributed by atoms with van der Waals surface area (Å²) in [7, 11) is 1.62. The minimum atomic E-state index is -0.137. The van der Waals surface area contributed by atoms with Crippen LogP contribution in [0.3, 0.4) is 0 Å². The number of methoxy groups -OCH3 is 1. The Morgan fingerprint density at radius 1 is 1.21 bits per heavy atom. The van der Waals surface area contributed by atoms with Crippen molar-refractivity contribution < 1.29 is 19.0 Å². The Bertz CT molecular complexity index is 941. The minimum Gasteiger partial charge on any atom is -0.493 e. The van der Waals surface area contributed by atoms with Crippen LogP contribution in [-0.4, -0.2) is 50.3 Å². The fourth-order valence-electron chi connectivity index (χ4n) is 3.71. The highest BCUT2D eigenvalue weighted by Crippen LogP contribution is 2.29. The quantitative estimate of drug-likeness (QED) is 0.545. The number of carbonyl (C=O) groups excluding carboxylic acids is 1. The summed E-state index contributed by atoms with van der Waals surface area (Å²) in [4.78, 5) is 14.8. The summed E-state index contributed by atoms with van der Waals surface area (Å²) >= 11 is 0. The van der Waals surface area contributed by atoms with E-state index < -0.39 is 0 Å². The van der Waals surface area contributed by atoms with E-state index >= 15 is 0 Å². The molecule has 6 nitrogen and oxygen atoms in total. The monoisotopic (exact) mass is 452 g/mol. The number of carbonyl (C=O) groups is 1. The molecule has 3 rings (SSSR count). The van der Waals surface area contributed by atoms with E-state index in [1.807, 2.05) is 30.3 Å². The van der Waals surface area contributed by atoms with Gasteiger partial charge in [0.1, 0.15) is 0 Å². The summed E-state index contributed by atoms with van der Waals surface area (Å²) in [6, 6.07) is 14.0. The van der Waals surface area contributed by atoms with Crippen LogP contribution in [0.4, 0.5) is 0 Å². The Balaban J connectivity index is 1.51. The predicted octanol–water partition coefficient (Wildman–Crippen LogP) is 4.28. The van der Waals surface area contributed by atoms with Crippen LogP contribution >= 0.6 is 0 Å². The molecule has 2 aromatic carbocycles. The van der Waals surface area contributed by atoms with Crippen molar-refractivity contribution in [3.05, 3.63) is 65.2 Å². The average molecular weight is 453 g/mol. The van der Waals surface area contributed by atoms with Crippen molar-refractivity contribution in [3.8, 4) is 11.5 Å². The second-order valence-corrected chi connectivity index (χ2v) is 8.90. The van der Waals surface area contributed by atoms with Crippen LogP contribution in [0.25, 0.3) is 6.08 Å². The maximum Gasteiger partial charge on any atom is 0.244 e. The molecule has 1 unspecified atom stereocenters. The van der Waals surface area contributed by atoms with Crippen LogP contribution < -0.4 is 14.8 Å². The highest BCUT2D eigenvalue weighted by molar-refractivity contribution is 5.91. The topological polar surface area (TPSA) is 60.0 Å². The van der Waals surface area contributed by atoms with Gasteiger partial charge in [0.05, 0.1) is 26.4 Å². The van der Waals surface area contributed by atoms with Gasteiger partial charge in [0.25, 0.3) is 0 Å². The van der Waals surface area contributed by atoms with E-state index in [4.69, 9.17) is 14.2 Å². The van der Waals surface area contributed by atoms with Gasteiger partial charge >= 0.3 is 0 Å². The largest absolute Gasteiger partial charge is 0.493 e. The molecule has 33 heavy (non-hydrogen) atoms. The van der Waals surface area contributed by atoms with Gasteiger partial charge in [-0.25, -0.2) is 0 Å². The third-order valence-electron chi connectivity index (χ3n) is 5.38. The molecule has 1 saturated heterocycles. The van der Waals surface area contributed by atoms with Crippen molar-refractivity contribution in [1.82, 2.24) is 10.2 Å². The van der Waals surface area contributed by atoms with Crippen molar-refractivity contribution in [2.24, 2.45) is 5.92 Å². The number of nitrogens with one attached hydrogen (secondary N) is 1. The van der Waals surface area contributed by atoms with Gasteiger partial charge in [0, 0.05) is 32.3 Å². The lowest BCUT2D eigenvalue weighted by Crippen LogP contribution is -2.40. The first kappa shape index (κ1) is 24.8. The van der Waals surface area contributed by atoms with Crippen LogP contribution in [0, 0.1) is 5.92 Å². The molecular formula is C27H36N2O4. The van der Waals surface area contributed by atoms with Crippen molar-refractivity contribution in [2.45, 2.75) is 40.0 Å². The van der Waals surface area contributed by atoms with E-state index in [0.717, 1.165) is 37.4 Å². The molecule has 1 aliphatic rings. The number of morpholine rings is 1. The smallest absolute Gasteiger partial charge is 0.244 e. The fraction of sp³-hybridized carbons (Fsp3) is 0.444. The minimum absolute atomic E-state index is 0.137. The number of hydrogen-bond donors (Lipinski definition) is 1. The van der Waals surface area contributed by atoms with Crippen molar-refractivity contribution in [1.29, 1.82) is 0 Å². The van der Waals surface area contributed by atoms with Gasteiger partial charge in [-0.2, -0.15) is 0 Å². The number of ether oxygens (including phenoxy) is 3.